The molecule has 1 aliphatic carbocycles. The van der Waals surface area contributed by atoms with E-state index in [1.54, 1.807) is 0 Å². The highest BCUT2D eigenvalue weighted by molar-refractivity contribution is 6.02. The van der Waals surface area contributed by atoms with Crippen LogP contribution in [0.4, 0.5) is 11.4 Å². The van der Waals surface area contributed by atoms with Gasteiger partial charge in [-0.3, -0.25) is 9.59 Å². The normalized spacial score (nSPS) is 13.0. The van der Waals surface area contributed by atoms with E-state index in [1.807, 2.05) is 33.0 Å². The number of benzene rings is 1. The first-order chi connectivity index (χ1) is 12.5. The molecule has 4 rings (SSSR count). The predicted octanol–water partition coefficient (Wildman–Crippen LogP) is 1.82. The minimum absolute atomic E-state index is 0.0308. The monoisotopic (exact) mass is 352 g/mol. The number of fused-ring (bicyclic) bond motifs is 2. The van der Waals surface area contributed by atoms with E-state index in [-0.39, 0.29) is 11.4 Å². The van der Waals surface area contributed by atoms with E-state index in [0.29, 0.717) is 11.5 Å². The summed E-state index contributed by atoms with van der Waals surface area (Å²) in [4.78, 5) is 32.4. The zero-order valence-electron chi connectivity index (χ0n) is 14.9. The molecule has 0 radical (unpaired) electrons. The lowest BCUT2D eigenvalue weighted by molar-refractivity contribution is 0.101. The van der Waals surface area contributed by atoms with Gasteiger partial charge < -0.3 is 15.6 Å². The number of carbonyl (C=O) groups excluding carboxylic acids is 1. The quantitative estimate of drug-likeness (QED) is 0.667. The number of aryl methyl sites for hydroxylation is 3. The van der Waals surface area contributed by atoms with Crippen LogP contribution in [0.15, 0.2) is 16.9 Å². The fourth-order valence-electron chi connectivity index (χ4n) is 3.41. The van der Waals surface area contributed by atoms with E-state index in [4.69, 9.17) is 0 Å². The summed E-state index contributed by atoms with van der Waals surface area (Å²) in [5.74, 6) is -0.169. The van der Waals surface area contributed by atoms with Crippen LogP contribution < -0.4 is 16.2 Å². The number of amides is 1. The Hall–Kier alpha value is -3.16. The lowest BCUT2D eigenvalue weighted by atomic mass is 10.1. The molecule has 0 saturated carbocycles. The molecule has 0 bridgehead atoms. The molecular weight excluding hydrogens is 332 g/mol. The highest BCUT2D eigenvalue weighted by Crippen LogP contribution is 2.24. The third kappa shape index (κ3) is 2.54. The van der Waals surface area contributed by atoms with Gasteiger partial charge in [-0.25, -0.2) is 0 Å². The van der Waals surface area contributed by atoms with E-state index >= 15 is 0 Å². The molecule has 0 fully saturated rings. The third-order valence-electron chi connectivity index (χ3n) is 4.83. The molecule has 134 valence electrons. The topological polar surface area (TPSA) is 104 Å². The number of nitrogens with zero attached hydrogens (tertiary/aromatic N) is 3. The van der Waals surface area contributed by atoms with Crippen molar-refractivity contribution in [3.8, 4) is 0 Å². The fraction of sp³-hybridized carbons (Fsp3) is 0.333. The second-order valence-corrected chi connectivity index (χ2v) is 6.60. The second-order valence-electron chi connectivity index (χ2n) is 6.60. The minimum Gasteiger partial charge on any atom is -0.388 e. The average molecular weight is 352 g/mol. The summed E-state index contributed by atoms with van der Waals surface area (Å²) in [6, 6.07) is 3.87. The molecule has 3 aromatic rings. The summed E-state index contributed by atoms with van der Waals surface area (Å²) in [6.07, 6.45) is 2.51. The molecule has 0 spiro atoms. The zero-order chi connectivity index (χ0) is 18.4. The number of hydrogen-bond donors (Lipinski definition) is 3. The first-order valence-electron chi connectivity index (χ1n) is 8.59. The van der Waals surface area contributed by atoms with E-state index in [0.717, 1.165) is 47.3 Å². The second kappa shape index (κ2) is 5.98. The number of aromatic nitrogens is 4. The van der Waals surface area contributed by atoms with Crippen LogP contribution in [-0.2, 0) is 12.8 Å². The Morgan fingerprint density at radius 3 is 2.69 bits per heavy atom. The molecule has 0 unspecified atom stereocenters. The van der Waals surface area contributed by atoms with Crippen LogP contribution in [0.5, 0.6) is 0 Å². The Balaban J connectivity index is 1.68. The molecule has 0 saturated heterocycles. The number of H-pyrrole nitrogens is 1. The fourth-order valence-corrected chi connectivity index (χ4v) is 3.41. The van der Waals surface area contributed by atoms with Gasteiger partial charge in [-0.15, -0.1) is 5.10 Å². The Morgan fingerprint density at radius 2 is 1.92 bits per heavy atom. The van der Waals surface area contributed by atoms with E-state index in [1.165, 1.54) is 4.52 Å². The van der Waals surface area contributed by atoms with Crippen molar-refractivity contribution in [2.24, 2.45) is 0 Å². The summed E-state index contributed by atoms with van der Waals surface area (Å²) in [5, 5.41) is 10.1. The van der Waals surface area contributed by atoms with Crippen molar-refractivity contribution in [1.82, 2.24) is 19.6 Å². The maximum Gasteiger partial charge on any atom is 0.295 e. The summed E-state index contributed by atoms with van der Waals surface area (Å²) in [7, 11) is 1.86. The van der Waals surface area contributed by atoms with Crippen molar-refractivity contribution in [3.05, 3.63) is 50.7 Å². The first kappa shape index (κ1) is 16.3. The van der Waals surface area contributed by atoms with Crippen molar-refractivity contribution in [1.29, 1.82) is 0 Å². The number of hydrogen-bond acceptors (Lipinski definition) is 5. The average Bonchev–Trinajstić information content (AvgIpc) is 3.25. The largest absolute Gasteiger partial charge is 0.388 e. The minimum atomic E-state index is -0.443. The third-order valence-corrected chi connectivity index (χ3v) is 4.83. The first-order valence-corrected chi connectivity index (χ1v) is 8.59. The van der Waals surface area contributed by atoms with E-state index in [2.05, 4.69) is 25.7 Å². The van der Waals surface area contributed by atoms with Gasteiger partial charge in [0.1, 0.15) is 0 Å². The Kier molecular flexibility index (Phi) is 3.75. The van der Waals surface area contributed by atoms with Gasteiger partial charge in [0, 0.05) is 29.7 Å². The van der Waals surface area contributed by atoms with Gasteiger partial charge in [-0.05, 0) is 56.4 Å². The van der Waals surface area contributed by atoms with Gasteiger partial charge in [0.05, 0.1) is 0 Å². The molecule has 1 amide bonds. The van der Waals surface area contributed by atoms with E-state index in [9.17, 15) is 9.59 Å². The van der Waals surface area contributed by atoms with E-state index < -0.39 is 5.91 Å². The molecule has 8 nitrogen and oxygen atoms in total. The van der Waals surface area contributed by atoms with Crippen molar-refractivity contribution in [2.45, 2.75) is 33.1 Å². The van der Waals surface area contributed by atoms with Crippen LogP contribution in [0.25, 0.3) is 5.78 Å². The summed E-state index contributed by atoms with van der Waals surface area (Å²) < 4.78 is 1.18. The molecule has 8 heteroatoms. The maximum absolute atomic E-state index is 12.6. The molecule has 2 aromatic heterocycles. The van der Waals surface area contributed by atoms with Gasteiger partial charge in [0.2, 0.25) is 11.6 Å². The zero-order valence-corrected chi connectivity index (χ0v) is 14.9. The maximum atomic E-state index is 12.6. The standard InChI is InChI=1S/C18H20N6O2/c1-9-8-14(10(2)7-13(9)19-3)20-16(25)15-22-18-21-12-6-4-5-11(12)17(26)24(18)23-15/h7-8,19H,4-6H2,1-3H3,(H,20,25)(H,21,22,23). The van der Waals surface area contributed by atoms with Crippen molar-refractivity contribution < 1.29 is 4.79 Å². The number of carbonyl (C=O) groups is 1. The molecule has 2 heterocycles. The van der Waals surface area contributed by atoms with Gasteiger partial charge in [0.15, 0.2) is 0 Å². The van der Waals surface area contributed by atoms with Crippen LogP contribution in [0, 0.1) is 13.8 Å². The highest BCUT2D eigenvalue weighted by Gasteiger charge is 2.21. The predicted molar refractivity (Wildman–Crippen MR) is 99.0 cm³/mol. The number of aromatic amines is 1. The summed E-state index contributed by atoms with van der Waals surface area (Å²) >= 11 is 0. The van der Waals surface area contributed by atoms with Gasteiger partial charge in [-0.1, -0.05) is 0 Å². The lowest BCUT2D eigenvalue weighted by Gasteiger charge is -2.12. The summed E-state index contributed by atoms with van der Waals surface area (Å²) in [6.45, 7) is 3.88. The molecule has 1 aromatic carbocycles. The van der Waals surface area contributed by atoms with Crippen LogP contribution in [0.2, 0.25) is 0 Å². The molecule has 26 heavy (non-hydrogen) atoms. The van der Waals surface area contributed by atoms with Crippen LogP contribution in [0.1, 0.15) is 39.4 Å². The van der Waals surface area contributed by atoms with Crippen LogP contribution in [0.3, 0.4) is 0 Å². The molecule has 3 N–H and O–H groups in total. The number of rotatable bonds is 3. The van der Waals surface area contributed by atoms with Gasteiger partial charge >= 0.3 is 0 Å². The van der Waals surface area contributed by atoms with Crippen molar-refractivity contribution in [3.63, 3.8) is 0 Å². The summed E-state index contributed by atoms with van der Waals surface area (Å²) in [5.41, 5.74) is 5.09. The number of anilines is 2. The Morgan fingerprint density at radius 1 is 1.19 bits per heavy atom. The smallest absolute Gasteiger partial charge is 0.295 e. The van der Waals surface area contributed by atoms with Gasteiger partial charge in [0.25, 0.3) is 11.5 Å². The SMILES string of the molecule is CNc1cc(C)c(NC(=O)c2nc3[nH]c4c(c(=O)n3n2)CCC4)cc1C. The Labute approximate surface area is 149 Å². The molecular formula is C18H20N6O2. The Bertz CT molecular complexity index is 1100. The highest BCUT2D eigenvalue weighted by atomic mass is 16.2. The van der Waals surface area contributed by atoms with Crippen LogP contribution in [-0.4, -0.2) is 32.5 Å². The van der Waals surface area contributed by atoms with Crippen molar-refractivity contribution in [2.75, 3.05) is 17.7 Å². The van der Waals surface area contributed by atoms with Crippen molar-refractivity contribution >= 4 is 23.1 Å². The van der Waals surface area contributed by atoms with Crippen LogP contribution >= 0.6 is 0 Å². The lowest BCUT2D eigenvalue weighted by Crippen LogP contribution is -2.21. The van der Waals surface area contributed by atoms with Gasteiger partial charge in [-0.2, -0.15) is 9.50 Å². The molecule has 1 aliphatic rings. The number of nitrogens with one attached hydrogen (secondary N) is 3. The molecule has 0 atom stereocenters. The molecule has 0 aliphatic heterocycles.